The first-order chi connectivity index (χ1) is 12.8. The fourth-order valence-corrected chi connectivity index (χ4v) is 3.34. The third-order valence-electron chi connectivity index (χ3n) is 4.80. The molecule has 0 saturated carbocycles. The highest BCUT2D eigenvalue weighted by molar-refractivity contribution is 5.99. The summed E-state index contributed by atoms with van der Waals surface area (Å²) in [6.07, 6.45) is 6.47. The standard InChI is InChI=1S/C20H24N4O2.2ClH/c21-20(17-5-11-26-15-17)22-18-3-2-16-4-8-24(19(16)14-18)7-1-6-23-9-12-25-13-10-23;;/h2-5,8,11,14-15H,1,6-7,9-10,12-13H2,(H2,21,22);2*1H. The van der Waals surface area contributed by atoms with E-state index in [-0.39, 0.29) is 24.8 Å². The highest BCUT2D eigenvalue weighted by Crippen LogP contribution is 2.23. The monoisotopic (exact) mass is 424 g/mol. The minimum atomic E-state index is 0. The van der Waals surface area contributed by atoms with Gasteiger partial charge in [-0.05, 0) is 36.1 Å². The molecule has 1 aliphatic rings. The molecule has 1 fully saturated rings. The number of aromatic nitrogens is 1. The maximum atomic E-state index is 6.06. The Balaban J connectivity index is 0.00000140. The third-order valence-corrected chi connectivity index (χ3v) is 4.80. The molecular formula is C20H26Cl2N4O2. The second-order valence-corrected chi connectivity index (χ2v) is 6.57. The van der Waals surface area contributed by atoms with Gasteiger partial charge in [0.2, 0.25) is 0 Å². The highest BCUT2D eigenvalue weighted by Gasteiger charge is 2.10. The van der Waals surface area contributed by atoms with Crippen LogP contribution in [0.5, 0.6) is 0 Å². The van der Waals surface area contributed by atoms with Gasteiger partial charge in [-0.2, -0.15) is 0 Å². The Morgan fingerprint density at radius 3 is 2.64 bits per heavy atom. The fraction of sp³-hybridized carbons (Fsp3) is 0.350. The molecule has 2 aromatic heterocycles. The van der Waals surface area contributed by atoms with Gasteiger partial charge in [0.25, 0.3) is 0 Å². The van der Waals surface area contributed by atoms with E-state index >= 15 is 0 Å². The van der Waals surface area contributed by atoms with Crippen molar-refractivity contribution in [2.24, 2.45) is 10.7 Å². The maximum Gasteiger partial charge on any atom is 0.134 e. The third kappa shape index (κ3) is 5.29. The Kier molecular flexibility index (Phi) is 8.38. The summed E-state index contributed by atoms with van der Waals surface area (Å²) in [6, 6.07) is 10.1. The summed E-state index contributed by atoms with van der Waals surface area (Å²) in [5.74, 6) is 0.462. The first kappa shape index (κ1) is 22.3. The predicted octanol–water partition coefficient (Wildman–Crippen LogP) is 3.84. The van der Waals surface area contributed by atoms with Crippen molar-refractivity contribution in [1.29, 1.82) is 0 Å². The zero-order valence-corrected chi connectivity index (χ0v) is 17.3. The molecular weight excluding hydrogens is 399 g/mol. The molecule has 1 aromatic carbocycles. The van der Waals surface area contributed by atoms with Gasteiger partial charge in [-0.3, -0.25) is 4.90 Å². The highest BCUT2D eigenvalue weighted by atomic mass is 35.5. The van der Waals surface area contributed by atoms with Gasteiger partial charge in [-0.25, -0.2) is 4.99 Å². The van der Waals surface area contributed by atoms with Crippen LogP contribution in [0.15, 0.2) is 58.5 Å². The summed E-state index contributed by atoms with van der Waals surface area (Å²) < 4.78 is 12.8. The summed E-state index contributed by atoms with van der Waals surface area (Å²) in [5.41, 5.74) is 8.90. The van der Waals surface area contributed by atoms with Gasteiger partial charge in [-0.15, -0.1) is 24.8 Å². The smallest absolute Gasteiger partial charge is 0.134 e. The van der Waals surface area contributed by atoms with Crippen LogP contribution in [-0.4, -0.2) is 48.2 Å². The van der Waals surface area contributed by atoms with Crippen molar-refractivity contribution < 1.29 is 9.15 Å². The van der Waals surface area contributed by atoms with Crippen LogP contribution < -0.4 is 5.73 Å². The molecule has 3 aromatic rings. The normalized spacial score (nSPS) is 15.2. The zero-order valence-electron chi connectivity index (χ0n) is 15.6. The minimum absolute atomic E-state index is 0. The first-order valence-electron chi connectivity index (χ1n) is 9.05. The van der Waals surface area contributed by atoms with Gasteiger partial charge in [0.1, 0.15) is 12.1 Å². The van der Waals surface area contributed by atoms with Crippen molar-refractivity contribution in [2.45, 2.75) is 13.0 Å². The predicted molar refractivity (Wildman–Crippen MR) is 117 cm³/mol. The Morgan fingerprint density at radius 2 is 1.89 bits per heavy atom. The number of benzene rings is 1. The van der Waals surface area contributed by atoms with Gasteiger partial charge in [-0.1, -0.05) is 6.07 Å². The SMILES string of the molecule is Cl.Cl.NC(=Nc1ccc2ccn(CCCN3CCOCC3)c2c1)c1ccoc1. The Labute approximate surface area is 177 Å². The second-order valence-electron chi connectivity index (χ2n) is 6.57. The number of nitrogens with zero attached hydrogens (tertiary/aromatic N) is 3. The lowest BCUT2D eigenvalue weighted by Crippen LogP contribution is -2.37. The zero-order chi connectivity index (χ0) is 17.8. The van der Waals surface area contributed by atoms with E-state index in [0.717, 1.165) is 57.1 Å². The number of aliphatic imine (C=N–C) groups is 1. The van der Waals surface area contributed by atoms with Crippen LogP contribution in [0.4, 0.5) is 5.69 Å². The number of ether oxygens (including phenoxy) is 1. The number of amidine groups is 1. The number of halogens is 2. The van der Waals surface area contributed by atoms with E-state index in [4.69, 9.17) is 14.9 Å². The lowest BCUT2D eigenvalue weighted by Gasteiger charge is -2.26. The van der Waals surface area contributed by atoms with Crippen LogP contribution in [0.3, 0.4) is 0 Å². The van der Waals surface area contributed by atoms with E-state index in [1.54, 1.807) is 12.5 Å². The first-order valence-corrected chi connectivity index (χ1v) is 9.05. The van der Waals surface area contributed by atoms with Gasteiger partial charge < -0.3 is 19.5 Å². The number of fused-ring (bicyclic) bond motifs is 1. The van der Waals surface area contributed by atoms with Crippen molar-refractivity contribution in [3.05, 3.63) is 54.6 Å². The molecule has 1 saturated heterocycles. The van der Waals surface area contributed by atoms with E-state index < -0.39 is 0 Å². The molecule has 2 N–H and O–H groups in total. The molecule has 4 rings (SSSR count). The van der Waals surface area contributed by atoms with E-state index in [0.29, 0.717) is 5.84 Å². The van der Waals surface area contributed by atoms with Crippen molar-refractivity contribution in [3.8, 4) is 0 Å². The molecule has 152 valence electrons. The molecule has 0 amide bonds. The van der Waals surface area contributed by atoms with Crippen LogP contribution in [0, 0.1) is 0 Å². The van der Waals surface area contributed by atoms with Crippen LogP contribution in [-0.2, 0) is 11.3 Å². The fourth-order valence-electron chi connectivity index (χ4n) is 3.34. The summed E-state index contributed by atoms with van der Waals surface area (Å²) in [5, 5.41) is 1.22. The number of morpholine rings is 1. The molecule has 0 aliphatic carbocycles. The van der Waals surface area contributed by atoms with Gasteiger partial charge >= 0.3 is 0 Å². The van der Waals surface area contributed by atoms with Crippen LogP contribution in [0.1, 0.15) is 12.0 Å². The molecule has 0 unspecified atom stereocenters. The van der Waals surface area contributed by atoms with Crippen LogP contribution in [0.25, 0.3) is 10.9 Å². The van der Waals surface area contributed by atoms with Gasteiger partial charge in [0.15, 0.2) is 0 Å². The van der Waals surface area contributed by atoms with Crippen molar-refractivity contribution in [3.63, 3.8) is 0 Å². The molecule has 0 radical (unpaired) electrons. The number of hydrogen-bond acceptors (Lipinski definition) is 4. The summed E-state index contributed by atoms with van der Waals surface area (Å²) in [6.45, 7) is 5.88. The number of hydrogen-bond donors (Lipinski definition) is 1. The van der Waals surface area contributed by atoms with Gasteiger partial charge in [0, 0.05) is 32.4 Å². The summed E-state index contributed by atoms with van der Waals surface area (Å²) in [7, 11) is 0. The number of nitrogens with two attached hydrogens (primary N) is 1. The van der Waals surface area contributed by atoms with Crippen molar-refractivity contribution >= 4 is 47.2 Å². The van der Waals surface area contributed by atoms with Crippen molar-refractivity contribution in [2.75, 3.05) is 32.8 Å². The van der Waals surface area contributed by atoms with Gasteiger partial charge in [0.05, 0.1) is 36.2 Å². The Hall–Kier alpha value is -1.99. The molecule has 6 nitrogen and oxygen atoms in total. The quantitative estimate of drug-likeness (QED) is 0.481. The lowest BCUT2D eigenvalue weighted by atomic mass is 10.2. The van der Waals surface area contributed by atoms with Crippen LogP contribution in [0.2, 0.25) is 0 Å². The number of aryl methyl sites for hydroxylation is 1. The van der Waals surface area contributed by atoms with Crippen molar-refractivity contribution in [1.82, 2.24) is 9.47 Å². The van der Waals surface area contributed by atoms with Crippen LogP contribution >= 0.6 is 24.8 Å². The second kappa shape index (κ2) is 10.5. The molecule has 0 spiro atoms. The largest absolute Gasteiger partial charge is 0.472 e. The topological polar surface area (TPSA) is 68.9 Å². The lowest BCUT2D eigenvalue weighted by molar-refractivity contribution is 0.0370. The number of furan rings is 1. The molecule has 8 heteroatoms. The maximum absolute atomic E-state index is 6.06. The number of rotatable bonds is 6. The van der Waals surface area contributed by atoms with E-state index in [1.807, 2.05) is 12.1 Å². The minimum Gasteiger partial charge on any atom is -0.472 e. The summed E-state index contributed by atoms with van der Waals surface area (Å²) >= 11 is 0. The molecule has 0 bridgehead atoms. The van der Waals surface area contributed by atoms with E-state index in [9.17, 15) is 0 Å². The molecule has 3 heterocycles. The average molecular weight is 425 g/mol. The molecule has 1 aliphatic heterocycles. The average Bonchev–Trinajstić information content (AvgIpc) is 3.33. The van der Waals surface area contributed by atoms with E-state index in [2.05, 4.69) is 38.9 Å². The Bertz CT molecular complexity index is 887. The molecule has 28 heavy (non-hydrogen) atoms. The van der Waals surface area contributed by atoms with E-state index in [1.165, 1.54) is 10.9 Å². The molecule has 0 atom stereocenters. The Morgan fingerprint density at radius 1 is 1.07 bits per heavy atom. The summed E-state index contributed by atoms with van der Waals surface area (Å²) in [4.78, 5) is 6.99.